The maximum absolute atomic E-state index is 11.6. The molecule has 0 aliphatic heterocycles. The van der Waals surface area contributed by atoms with Crippen LogP contribution in [-0.4, -0.2) is 26.4 Å². The van der Waals surface area contributed by atoms with Crippen LogP contribution in [0.5, 0.6) is 0 Å². The van der Waals surface area contributed by atoms with E-state index >= 15 is 0 Å². The first-order valence-electron chi connectivity index (χ1n) is 4.68. The Morgan fingerprint density at radius 2 is 2.19 bits per heavy atom. The number of hydrogen-bond donors (Lipinski definition) is 0. The first-order valence-corrected chi connectivity index (χ1v) is 5.80. The molecule has 16 heavy (non-hydrogen) atoms. The lowest BCUT2D eigenvalue weighted by Gasteiger charge is -1.98. The molecule has 1 aromatic heterocycles. The van der Waals surface area contributed by atoms with E-state index in [2.05, 4.69) is 20.9 Å². The molecule has 4 nitrogen and oxygen atoms in total. The summed E-state index contributed by atoms with van der Waals surface area (Å²) >= 11 is 2.98. The summed E-state index contributed by atoms with van der Waals surface area (Å²) in [6.07, 6.45) is 1.67. The van der Waals surface area contributed by atoms with Crippen LogP contribution in [0, 0.1) is 0 Å². The number of alkyl halides is 1. The van der Waals surface area contributed by atoms with Crippen molar-refractivity contribution < 1.29 is 9.59 Å². The fourth-order valence-electron chi connectivity index (χ4n) is 1.50. The van der Waals surface area contributed by atoms with Crippen molar-refractivity contribution in [2.24, 2.45) is 7.05 Å². The Balaban J connectivity index is 2.47. The minimum absolute atomic E-state index is 0.0477. The van der Waals surface area contributed by atoms with E-state index < -0.39 is 11.6 Å². The lowest BCUT2D eigenvalue weighted by molar-refractivity contribution is -0.112. The average molecular weight is 281 g/mol. The van der Waals surface area contributed by atoms with Crippen molar-refractivity contribution in [3.8, 4) is 0 Å². The normalized spacial score (nSPS) is 10.6. The highest BCUT2D eigenvalue weighted by Gasteiger charge is 2.15. The fourth-order valence-corrected chi connectivity index (χ4v) is 1.75. The van der Waals surface area contributed by atoms with Crippen LogP contribution in [-0.2, 0) is 11.8 Å². The Bertz CT molecular complexity index is 574. The van der Waals surface area contributed by atoms with Gasteiger partial charge < -0.3 is 4.57 Å². The van der Waals surface area contributed by atoms with E-state index in [1.807, 2.05) is 11.6 Å². The molecule has 0 saturated carbocycles. The molecule has 0 aliphatic rings. The van der Waals surface area contributed by atoms with Crippen molar-refractivity contribution in [1.82, 2.24) is 9.55 Å². The van der Waals surface area contributed by atoms with Crippen molar-refractivity contribution in [1.29, 1.82) is 0 Å². The second-order valence-electron chi connectivity index (χ2n) is 3.44. The summed E-state index contributed by atoms with van der Waals surface area (Å²) in [5.74, 6) is -0.931. The Labute approximate surface area is 100 Å². The maximum Gasteiger partial charge on any atom is 0.229 e. The summed E-state index contributed by atoms with van der Waals surface area (Å²) in [7, 11) is 1.88. The topological polar surface area (TPSA) is 52.0 Å². The first kappa shape index (κ1) is 11.0. The molecule has 1 heterocycles. The number of Topliss-reactive ketones (excluding diaryl/α,β-unsaturated/α-hetero) is 2. The third-order valence-electron chi connectivity index (χ3n) is 2.36. The van der Waals surface area contributed by atoms with E-state index in [-0.39, 0.29) is 5.33 Å². The predicted molar refractivity (Wildman–Crippen MR) is 63.8 cm³/mol. The number of nitrogens with zero attached hydrogens (tertiary/aromatic N) is 2. The third kappa shape index (κ3) is 1.78. The largest absolute Gasteiger partial charge is 0.334 e. The van der Waals surface area contributed by atoms with Crippen molar-refractivity contribution in [2.45, 2.75) is 0 Å². The minimum Gasteiger partial charge on any atom is -0.334 e. The summed E-state index contributed by atoms with van der Waals surface area (Å²) < 4.78 is 1.86. The molecule has 0 unspecified atom stereocenters. The number of ketones is 2. The van der Waals surface area contributed by atoms with Crippen LogP contribution in [0.1, 0.15) is 10.4 Å². The van der Waals surface area contributed by atoms with Crippen LogP contribution in [0.2, 0.25) is 0 Å². The van der Waals surface area contributed by atoms with Gasteiger partial charge in [-0.1, -0.05) is 15.9 Å². The van der Waals surface area contributed by atoms with Gasteiger partial charge in [-0.05, 0) is 18.2 Å². The molecular formula is C11H9BrN2O2. The average Bonchev–Trinajstić information content (AvgIpc) is 2.68. The van der Waals surface area contributed by atoms with Gasteiger partial charge in [-0.2, -0.15) is 0 Å². The Morgan fingerprint density at radius 3 is 2.88 bits per heavy atom. The van der Waals surface area contributed by atoms with Gasteiger partial charge in [0.2, 0.25) is 11.6 Å². The molecule has 1 aromatic carbocycles. The lowest BCUT2D eigenvalue weighted by Crippen LogP contribution is -2.14. The lowest BCUT2D eigenvalue weighted by atomic mass is 10.1. The van der Waals surface area contributed by atoms with E-state index in [0.29, 0.717) is 5.56 Å². The zero-order valence-electron chi connectivity index (χ0n) is 8.61. The van der Waals surface area contributed by atoms with Crippen LogP contribution < -0.4 is 0 Å². The maximum atomic E-state index is 11.6. The molecule has 2 rings (SSSR count). The molecule has 0 atom stereocenters. The summed E-state index contributed by atoms with van der Waals surface area (Å²) in [5.41, 5.74) is 2.04. The van der Waals surface area contributed by atoms with Crippen LogP contribution in [0.3, 0.4) is 0 Å². The molecule has 0 bridgehead atoms. The Kier molecular flexibility index (Phi) is 2.87. The van der Waals surface area contributed by atoms with Crippen molar-refractivity contribution in [3.05, 3.63) is 30.1 Å². The SMILES string of the molecule is Cn1cnc2cc(C(=O)C(=O)CBr)ccc21. The second kappa shape index (κ2) is 4.17. The molecule has 82 valence electrons. The number of imidazole rings is 1. The fraction of sp³-hybridized carbons (Fsp3) is 0.182. The van der Waals surface area contributed by atoms with E-state index in [0.717, 1.165) is 11.0 Å². The van der Waals surface area contributed by atoms with Gasteiger partial charge in [0.15, 0.2) is 0 Å². The number of hydrogen-bond acceptors (Lipinski definition) is 3. The molecule has 0 spiro atoms. The smallest absolute Gasteiger partial charge is 0.229 e. The van der Waals surface area contributed by atoms with Crippen molar-refractivity contribution in [3.63, 3.8) is 0 Å². The summed E-state index contributed by atoms with van der Waals surface area (Å²) in [6.45, 7) is 0. The number of carbonyl (C=O) groups is 2. The van der Waals surface area contributed by atoms with Crippen LogP contribution >= 0.6 is 15.9 Å². The number of aryl methyl sites for hydroxylation is 1. The second-order valence-corrected chi connectivity index (χ2v) is 4.01. The Morgan fingerprint density at radius 1 is 1.44 bits per heavy atom. The quantitative estimate of drug-likeness (QED) is 0.489. The number of rotatable bonds is 3. The summed E-state index contributed by atoms with van der Waals surface area (Å²) in [5, 5.41) is 0.0477. The molecule has 5 heteroatoms. The van der Waals surface area contributed by atoms with E-state index in [1.54, 1.807) is 24.5 Å². The van der Waals surface area contributed by atoms with Crippen LogP contribution in [0.15, 0.2) is 24.5 Å². The van der Waals surface area contributed by atoms with E-state index in [4.69, 9.17) is 0 Å². The molecule has 0 amide bonds. The third-order valence-corrected chi connectivity index (χ3v) is 2.87. The molecular weight excluding hydrogens is 272 g/mol. The summed E-state index contributed by atoms with van der Waals surface area (Å²) in [6, 6.07) is 5.07. The number of carbonyl (C=O) groups excluding carboxylic acids is 2. The number of fused-ring (bicyclic) bond motifs is 1. The van der Waals surface area contributed by atoms with E-state index in [1.165, 1.54) is 0 Å². The molecule has 0 radical (unpaired) electrons. The highest BCUT2D eigenvalue weighted by molar-refractivity contribution is 9.09. The first-order chi connectivity index (χ1) is 7.63. The molecule has 2 aromatic rings. The van der Waals surface area contributed by atoms with Crippen LogP contribution in [0.25, 0.3) is 11.0 Å². The van der Waals surface area contributed by atoms with Gasteiger partial charge in [-0.3, -0.25) is 9.59 Å². The predicted octanol–water partition coefficient (Wildman–Crippen LogP) is 1.72. The zero-order valence-corrected chi connectivity index (χ0v) is 10.2. The van der Waals surface area contributed by atoms with Crippen molar-refractivity contribution >= 4 is 38.5 Å². The van der Waals surface area contributed by atoms with Gasteiger partial charge in [0.25, 0.3) is 0 Å². The van der Waals surface area contributed by atoms with Gasteiger partial charge in [0, 0.05) is 12.6 Å². The highest BCUT2D eigenvalue weighted by Crippen LogP contribution is 2.14. The van der Waals surface area contributed by atoms with Crippen molar-refractivity contribution in [2.75, 3.05) is 5.33 Å². The molecule has 0 saturated heterocycles. The van der Waals surface area contributed by atoms with Gasteiger partial charge in [0.1, 0.15) is 0 Å². The van der Waals surface area contributed by atoms with Crippen LogP contribution in [0.4, 0.5) is 0 Å². The number of benzene rings is 1. The zero-order chi connectivity index (χ0) is 11.7. The van der Waals surface area contributed by atoms with Gasteiger partial charge in [-0.25, -0.2) is 4.98 Å². The number of halogens is 1. The molecule has 0 aliphatic carbocycles. The standard InChI is InChI=1S/C11H9BrN2O2/c1-14-6-13-8-4-7(2-3-9(8)14)11(16)10(15)5-12/h2-4,6H,5H2,1H3. The summed E-state index contributed by atoms with van der Waals surface area (Å²) in [4.78, 5) is 27.0. The van der Waals surface area contributed by atoms with Gasteiger partial charge in [-0.15, -0.1) is 0 Å². The minimum atomic E-state index is -0.482. The van der Waals surface area contributed by atoms with Gasteiger partial charge in [0.05, 0.1) is 22.7 Å². The molecule has 0 fully saturated rings. The van der Waals surface area contributed by atoms with E-state index in [9.17, 15) is 9.59 Å². The monoisotopic (exact) mass is 280 g/mol. The Hall–Kier alpha value is -1.49. The highest BCUT2D eigenvalue weighted by atomic mass is 79.9. The van der Waals surface area contributed by atoms with Gasteiger partial charge >= 0.3 is 0 Å². The molecule has 0 N–H and O–H groups in total. The number of aromatic nitrogens is 2.